The Hall–Kier alpha value is -4.30. The first-order valence-electron chi connectivity index (χ1n) is 20.6. The van der Waals surface area contributed by atoms with E-state index in [0.717, 1.165) is 18.4 Å². The van der Waals surface area contributed by atoms with Gasteiger partial charge in [-0.15, -0.1) is 11.3 Å². The number of rotatable bonds is 20. The van der Waals surface area contributed by atoms with Gasteiger partial charge in [0.2, 0.25) is 11.8 Å². The van der Waals surface area contributed by atoms with Crippen LogP contribution in [0.3, 0.4) is 0 Å². The minimum atomic E-state index is -0.822. The highest BCUT2D eigenvalue weighted by atomic mass is 32.1. The van der Waals surface area contributed by atoms with E-state index in [-0.39, 0.29) is 59.9 Å². The van der Waals surface area contributed by atoms with Crippen molar-refractivity contribution < 1.29 is 38.2 Å². The number of thiazole rings is 1. The number of hydrogen-bond acceptors (Lipinski definition) is 10. The van der Waals surface area contributed by atoms with Crippen molar-refractivity contribution in [2.75, 3.05) is 27.3 Å². The third-order valence-electron chi connectivity index (χ3n) is 10.6. The van der Waals surface area contributed by atoms with E-state index in [2.05, 4.69) is 17.2 Å². The standard InChI is InChI=1S/C44H67N5O8S/c1-12-23-56-42(53)30(6)24-32(25-31-19-15-14-16-20-31)45-38(50)33-27-58-40(46-33)36(55-11)26-35(28(3)4)48(10)41(52)37(29(5)13-2)47-39(51)34-21-17-18-22-49(34)43(54)57-44(7,8)9/h12,14-16,19-20,27-30,32,34-37H,1,13,17-18,21-26H2,2-11H3,(H,45,50)(H,47,51)/t29-,30-,32+,34+,35+,36+,37-/m0/s1. The van der Waals surface area contributed by atoms with Crippen molar-refractivity contribution in [3.8, 4) is 0 Å². The van der Waals surface area contributed by atoms with Crippen LogP contribution in [0.5, 0.6) is 0 Å². The molecule has 13 nitrogen and oxygen atoms in total. The van der Waals surface area contributed by atoms with Crippen molar-refractivity contribution in [1.82, 2.24) is 25.4 Å². The molecule has 0 spiro atoms. The number of piperidine rings is 1. The lowest BCUT2D eigenvalue weighted by molar-refractivity contribution is -0.147. The van der Waals surface area contributed by atoms with Crippen molar-refractivity contribution >= 4 is 41.1 Å². The van der Waals surface area contributed by atoms with Gasteiger partial charge in [0.25, 0.3) is 5.91 Å². The molecule has 0 bridgehead atoms. The van der Waals surface area contributed by atoms with Crippen molar-refractivity contribution in [2.45, 2.75) is 136 Å². The summed E-state index contributed by atoms with van der Waals surface area (Å²) in [5.74, 6) is -1.97. The predicted octanol–water partition coefficient (Wildman–Crippen LogP) is 7.12. The number of carbonyl (C=O) groups is 5. The molecule has 1 aromatic carbocycles. The van der Waals surface area contributed by atoms with Crippen LogP contribution in [0.25, 0.3) is 0 Å². The van der Waals surface area contributed by atoms with Gasteiger partial charge in [-0.05, 0) is 70.3 Å². The van der Waals surface area contributed by atoms with Crippen molar-refractivity contribution in [1.29, 1.82) is 0 Å². The highest BCUT2D eigenvalue weighted by Gasteiger charge is 2.39. The van der Waals surface area contributed by atoms with E-state index >= 15 is 0 Å². The molecule has 4 amide bonds. The Morgan fingerprint density at radius 1 is 1.05 bits per heavy atom. The minimum absolute atomic E-state index is 0.00234. The molecular formula is C44H67N5O8S. The summed E-state index contributed by atoms with van der Waals surface area (Å²) in [6.45, 7) is 19.3. The van der Waals surface area contributed by atoms with E-state index in [9.17, 15) is 24.0 Å². The number of benzene rings is 1. The van der Waals surface area contributed by atoms with E-state index < -0.39 is 35.8 Å². The zero-order valence-electron chi connectivity index (χ0n) is 36.2. The van der Waals surface area contributed by atoms with Gasteiger partial charge in [-0.2, -0.15) is 0 Å². The first-order chi connectivity index (χ1) is 27.4. The summed E-state index contributed by atoms with van der Waals surface area (Å²) in [7, 11) is 3.33. The van der Waals surface area contributed by atoms with Gasteiger partial charge < -0.3 is 29.7 Å². The highest BCUT2D eigenvalue weighted by Crippen LogP contribution is 2.31. The Bertz CT molecular complexity index is 1660. The van der Waals surface area contributed by atoms with Crippen LogP contribution in [0.1, 0.15) is 121 Å². The number of esters is 1. The lowest BCUT2D eigenvalue weighted by Crippen LogP contribution is -2.59. The predicted molar refractivity (Wildman–Crippen MR) is 226 cm³/mol. The van der Waals surface area contributed by atoms with Crippen LogP contribution in [0.15, 0.2) is 48.4 Å². The first kappa shape index (κ1) is 48.1. The molecule has 322 valence electrons. The van der Waals surface area contributed by atoms with Crippen molar-refractivity contribution in [3.63, 3.8) is 0 Å². The van der Waals surface area contributed by atoms with Gasteiger partial charge >= 0.3 is 12.1 Å². The molecule has 1 fully saturated rings. The minimum Gasteiger partial charge on any atom is -0.461 e. The summed E-state index contributed by atoms with van der Waals surface area (Å²) in [4.78, 5) is 75.5. The largest absolute Gasteiger partial charge is 0.461 e. The zero-order chi connectivity index (χ0) is 43.2. The molecule has 2 aromatic rings. The van der Waals surface area contributed by atoms with Gasteiger partial charge in [0.15, 0.2) is 0 Å². The molecule has 2 heterocycles. The van der Waals surface area contributed by atoms with Crippen molar-refractivity contribution in [3.05, 3.63) is 64.6 Å². The molecule has 3 rings (SSSR count). The van der Waals surface area contributed by atoms with Gasteiger partial charge in [0.05, 0.1) is 5.92 Å². The maximum atomic E-state index is 14.4. The quantitative estimate of drug-likeness (QED) is 0.105. The number of aromatic nitrogens is 1. The highest BCUT2D eigenvalue weighted by molar-refractivity contribution is 7.09. The molecule has 1 aromatic heterocycles. The molecule has 0 unspecified atom stereocenters. The summed E-state index contributed by atoms with van der Waals surface area (Å²) in [6.07, 6.45) is 4.41. The van der Waals surface area contributed by atoms with Gasteiger partial charge in [0, 0.05) is 44.6 Å². The molecule has 2 N–H and O–H groups in total. The lowest BCUT2D eigenvalue weighted by atomic mass is 9.92. The van der Waals surface area contributed by atoms with E-state index in [1.807, 2.05) is 58.0 Å². The molecule has 58 heavy (non-hydrogen) atoms. The Morgan fingerprint density at radius 3 is 2.34 bits per heavy atom. The maximum Gasteiger partial charge on any atom is 0.410 e. The second-order valence-corrected chi connectivity index (χ2v) is 17.7. The van der Waals surface area contributed by atoms with E-state index in [1.54, 1.807) is 52.1 Å². The second kappa shape index (κ2) is 22.7. The lowest BCUT2D eigenvalue weighted by Gasteiger charge is -2.39. The Labute approximate surface area is 349 Å². The summed E-state index contributed by atoms with van der Waals surface area (Å²) in [6, 6.07) is 7.51. The molecule has 14 heteroatoms. The molecule has 1 aliphatic heterocycles. The van der Waals surface area contributed by atoms with Crippen LogP contribution >= 0.6 is 11.3 Å². The van der Waals surface area contributed by atoms with E-state index in [1.165, 1.54) is 22.3 Å². The number of ether oxygens (including phenoxy) is 3. The summed E-state index contributed by atoms with van der Waals surface area (Å²) in [5, 5.41) is 8.41. The van der Waals surface area contributed by atoms with E-state index in [4.69, 9.17) is 19.2 Å². The molecule has 0 aliphatic carbocycles. The van der Waals surface area contributed by atoms with Crippen LogP contribution < -0.4 is 10.6 Å². The number of likely N-dealkylation sites (tertiary alicyclic amines) is 1. The van der Waals surface area contributed by atoms with Crippen molar-refractivity contribution in [2.24, 2.45) is 17.8 Å². The molecular weight excluding hydrogens is 759 g/mol. The fourth-order valence-corrected chi connectivity index (χ4v) is 8.04. The second-order valence-electron chi connectivity index (χ2n) is 16.8. The molecule has 0 radical (unpaired) electrons. The summed E-state index contributed by atoms with van der Waals surface area (Å²) in [5.41, 5.74) is 0.540. The molecule has 1 aliphatic rings. The fraction of sp³-hybridized carbons (Fsp3) is 0.636. The smallest absolute Gasteiger partial charge is 0.410 e. The Morgan fingerprint density at radius 2 is 1.74 bits per heavy atom. The SMILES string of the molecule is C=CCOC(=O)[C@@H](C)C[C@H](Cc1ccccc1)NC(=O)c1csc([C@@H](C[C@H](C(C)C)N(C)C(=O)[C@@H](NC(=O)[C@H]2CCCCN2C(=O)OC(C)(C)C)[C@@H](C)CC)OC)n1. The number of hydrogen-bond donors (Lipinski definition) is 2. The van der Waals surface area contributed by atoms with Gasteiger partial charge in [-0.3, -0.25) is 24.1 Å². The summed E-state index contributed by atoms with van der Waals surface area (Å²) >= 11 is 1.30. The number of likely N-dealkylation sites (N-methyl/N-ethyl adjacent to an activating group) is 1. The molecule has 7 atom stereocenters. The summed E-state index contributed by atoms with van der Waals surface area (Å²) < 4.78 is 16.8. The van der Waals surface area contributed by atoms with Crippen LogP contribution in [-0.4, -0.2) is 102 Å². The first-order valence-corrected chi connectivity index (χ1v) is 21.5. The number of nitrogens with zero attached hydrogens (tertiary/aromatic N) is 3. The monoisotopic (exact) mass is 825 g/mol. The van der Waals surface area contributed by atoms with Gasteiger partial charge in [-0.25, -0.2) is 9.78 Å². The Balaban J connectivity index is 1.77. The third kappa shape index (κ3) is 14.2. The fourth-order valence-electron chi connectivity index (χ4n) is 7.15. The zero-order valence-corrected chi connectivity index (χ0v) is 37.1. The van der Waals surface area contributed by atoms with Gasteiger partial charge in [0.1, 0.15) is 41.1 Å². The average molecular weight is 826 g/mol. The molecule has 0 saturated carbocycles. The third-order valence-corrected chi connectivity index (χ3v) is 11.6. The Kier molecular flexibility index (Phi) is 18.8. The van der Waals surface area contributed by atoms with Gasteiger partial charge in [-0.1, -0.05) is 84.0 Å². The number of amides is 4. The molecule has 1 saturated heterocycles. The van der Waals surface area contributed by atoms with Crippen LogP contribution in [0, 0.1) is 17.8 Å². The number of carbonyl (C=O) groups excluding carboxylic acids is 5. The normalized spacial score (nSPS) is 17.6. The number of methoxy groups -OCH3 is 1. The van der Waals surface area contributed by atoms with Crippen LogP contribution in [0.2, 0.25) is 0 Å². The van der Waals surface area contributed by atoms with Crippen LogP contribution in [0.4, 0.5) is 4.79 Å². The topological polar surface area (TPSA) is 156 Å². The maximum absolute atomic E-state index is 14.4. The van der Waals surface area contributed by atoms with E-state index in [0.29, 0.717) is 43.7 Å². The average Bonchev–Trinajstić information content (AvgIpc) is 3.68. The van der Waals surface area contributed by atoms with Crippen LogP contribution in [-0.2, 0) is 35.0 Å². The number of nitrogens with one attached hydrogen (secondary N) is 2.